The predicted molar refractivity (Wildman–Crippen MR) is 114 cm³/mol. The second kappa shape index (κ2) is 9.88. The minimum absolute atomic E-state index is 0.185. The molecule has 0 aliphatic carbocycles. The Balaban J connectivity index is 1.95. The van der Waals surface area contributed by atoms with Crippen molar-refractivity contribution in [2.75, 3.05) is 26.8 Å². The second-order valence-corrected chi connectivity index (χ2v) is 6.69. The van der Waals surface area contributed by atoms with Gasteiger partial charge in [0, 0.05) is 24.8 Å². The van der Waals surface area contributed by atoms with Gasteiger partial charge in [0.05, 0.1) is 12.8 Å². The monoisotopic (exact) mass is 425 g/mol. The molecule has 0 aliphatic heterocycles. The lowest BCUT2D eigenvalue weighted by atomic mass is 10.1. The van der Waals surface area contributed by atoms with E-state index >= 15 is 0 Å². The van der Waals surface area contributed by atoms with E-state index in [1.807, 2.05) is 13.8 Å². The van der Waals surface area contributed by atoms with Crippen molar-refractivity contribution in [1.82, 2.24) is 14.7 Å². The van der Waals surface area contributed by atoms with Crippen molar-refractivity contribution in [2.24, 2.45) is 0 Å². The first-order valence-electron chi connectivity index (χ1n) is 9.91. The highest BCUT2D eigenvalue weighted by molar-refractivity contribution is 5.97. The smallest absolute Gasteiger partial charge is 0.342 e. The number of carbonyl (C=O) groups is 2. The molecule has 31 heavy (non-hydrogen) atoms. The lowest BCUT2D eigenvalue weighted by molar-refractivity contribution is -0.134. The van der Waals surface area contributed by atoms with Crippen LogP contribution >= 0.6 is 0 Å². The number of ether oxygens (including phenoxy) is 2. The van der Waals surface area contributed by atoms with Crippen molar-refractivity contribution in [1.29, 1.82) is 0 Å². The Hall–Kier alpha value is -3.68. The number of rotatable bonds is 8. The third-order valence-corrected chi connectivity index (χ3v) is 4.81. The van der Waals surface area contributed by atoms with Crippen molar-refractivity contribution in [3.63, 3.8) is 0 Å². The van der Waals surface area contributed by atoms with Gasteiger partial charge in [0.2, 0.25) is 0 Å². The van der Waals surface area contributed by atoms with Crippen LogP contribution in [0.25, 0.3) is 16.9 Å². The molecule has 0 atom stereocenters. The maximum atomic E-state index is 13.3. The maximum absolute atomic E-state index is 13.3. The van der Waals surface area contributed by atoms with Crippen LogP contribution < -0.4 is 4.74 Å². The molecule has 8 heteroatoms. The summed E-state index contributed by atoms with van der Waals surface area (Å²) in [5.41, 5.74) is 1.76. The highest BCUT2D eigenvalue weighted by Crippen LogP contribution is 2.27. The minimum atomic E-state index is -0.674. The number of benzene rings is 2. The quantitative estimate of drug-likeness (QED) is 0.515. The largest absolute Gasteiger partial charge is 0.497 e. The summed E-state index contributed by atoms with van der Waals surface area (Å²) in [6, 6.07) is 12.8. The molecule has 1 aromatic heterocycles. The summed E-state index contributed by atoms with van der Waals surface area (Å²) in [6.07, 6.45) is 1.51. The van der Waals surface area contributed by atoms with E-state index in [2.05, 4.69) is 5.10 Å². The molecule has 3 aromatic rings. The number of methoxy groups -OCH3 is 1. The van der Waals surface area contributed by atoms with Crippen molar-refractivity contribution < 1.29 is 23.5 Å². The molecule has 162 valence electrons. The maximum Gasteiger partial charge on any atom is 0.342 e. The molecule has 1 amide bonds. The molecule has 0 bridgehead atoms. The molecule has 0 saturated carbocycles. The van der Waals surface area contributed by atoms with Crippen LogP contribution in [0.1, 0.15) is 24.2 Å². The highest BCUT2D eigenvalue weighted by Gasteiger charge is 2.22. The number of halogens is 1. The fourth-order valence-corrected chi connectivity index (χ4v) is 3.11. The van der Waals surface area contributed by atoms with E-state index in [1.165, 1.54) is 23.0 Å². The van der Waals surface area contributed by atoms with Crippen LogP contribution in [0.4, 0.5) is 4.39 Å². The number of aromatic nitrogens is 2. The van der Waals surface area contributed by atoms with Crippen LogP contribution in [0.5, 0.6) is 5.75 Å². The topological polar surface area (TPSA) is 73.7 Å². The average molecular weight is 425 g/mol. The summed E-state index contributed by atoms with van der Waals surface area (Å²) in [6.45, 7) is 4.42. The van der Waals surface area contributed by atoms with Gasteiger partial charge < -0.3 is 14.4 Å². The number of hydrogen-bond donors (Lipinski definition) is 0. The van der Waals surface area contributed by atoms with Gasteiger partial charge in [-0.1, -0.05) is 12.1 Å². The van der Waals surface area contributed by atoms with Crippen molar-refractivity contribution in [3.8, 4) is 22.7 Å². The molecule has 1 heterocycles. The lowest BCUT2D eigenvalue weighted by Crippen LogP contribution is -2.34. The van der Waals surface area contributed by atoms with Gasteiger partial charge in [0.1, 0.15) is 22.8 Å². The Morgan fingerprint density at radius 1 is 1.10 bits per heavy atom. The van der Waals surface area contributed by atoms with Crippen LogP contribution in [0.2, 0.25) is 0 Å². The van der Waals surface area contributed by atoms with Crippen molar-refractivity contribution in [2.45, 2.75) is 13.8 Å². The third-order valence-electron chi connectivity index (χ3n) is 4.81. The minimum Gasteiger partial charge on any atom is -0.497 e. The van der Waals surface area contributed by atoms with E-state index in [9.17, 15) is 14.0 Å². The zero-order valence-electron chi connectivity index (χ0n) is 17.7. The molecular formula is C23H24FN3O4. The molecule has 0 radical (unpaired) electrons. The summed E-state index contributed by atoms with van der Waals surface area (Å²) in [7, 11) is 1.55. The normalized spacial score (nSPS) is 10.6. The molecule has 0 spiro atoms. The van der Waals surface area contributed by atoms with Crippen LogP contribution in [0.15, 0.2) is 54.7 Å². The predicted octanol–water partition coefficient (Wildman–Crippen LogP) is 3.71. The molecule has 0 fully saturated rings. The van der Waals surface area contributed by atoms with E-state index < -0.39 is 5.97 Å². The summed E-state index contributed by atoms with van der Waals surface area (Å²) in [5.74, 6) is -0.720. The zero-order chi connectivity index (χ0) is 22.4. The zero-order valence-corrected chi connectivity index (χ0v) is 17.7. The highest BCUT2D eigenvalue weighted by atomic mass is 19.1. The standard InChI is InChI=1S/C23H24FN3O4/c1-4-26(5-2)21(28)15-31-23(29)20-14-27(18-11-9-17(24)10-12-18)25-22(20)16-7-6-8-19(13-16)30-3/h6-14H,4-5,15H2,1-3H3. The summed E-state index contributed by atoms with van der Waals surface area (Å²) < 4.78 is 25.3. The fourth-order valence-electron chi connectivity index (χ4n) is 3.11. The molecule has 2 aromatic carbocycles. The van der Waals surface area contributed by atoms with Gasteiger partial charge in [-0.05, 0) is 50.2 Å². The molecule has 3 rings (SSSR count). The Morgan fingerprint density at radius 3 is 2.45 bits per heavy atom. The average Bonchev–Trinajstić information content (AvgIpc) is 3.24. The first-order chi connectivity index (χ1) is 15.0. The van der Waals surface area contributed by atoms with E-state index in [-0.39, 0.29) is 23.9 Å². The number of hydrogen-bond acceptors (Lipinski definition) is 5. The van der Waals surface area contributed by atoms with Gasteiger partial charge in [0.25, 0.3) is 5.91 Å². The van der Waals surface area contributed by atoms with Gasteiger partial charge in [0.15, 0.2) is 6.61 Å². The molecule has 0 aliphatic rings. The van der Waals surface area contributed by atoms with Gasteiger partial charge in [-0.3, -0.25) is 4.79 Å². The Labute approximate surface area is 180 Å². The van der Waals surface area contributed by atoms with Crippen LogP contribution in [0.3, 0.4) is 0 Å². The van der Waals surface area contributed by atoms with Gasteiger partial charge in [-0.15, -0.1) is 0 Å². The lowest BCUT2D eigenvalue weighted by Gasteiger charge is -2.18. The first-order valence-corrected chi connectivity index (χ1v) is 9.91. The van der Waals surface area contributed by atoms with Crippen LogP contribution in [-0.2, 0) is 9.53 Å². The van der Waals surface area contributed by atoms with E-state index in [0.717, 1.165) is 0 Å². The Bertz CT molecular complexity index is 1060. The van der Waals surface area contributed by atoms with E-state index in [0.29, 0.717) is 35.8 Å². The van der Waals surface area contributed by atoms with Crippen molar-refractivity contribution in [3.05, 3.63) is 66.1 Å². The summed E-state index contributed by atoms with van der Waals surface area (Å²) in [5, 5.41) is 4.51. The number of amides is 1. The van der Waals surface area contributed by atoms with Crippen LogP contribution in [-0.4, -0.2) is 53.4 Å². The Kier molecular flexibility index (Phi) is 7.02. The summed E-state index contributed by atoms with van der Waals surface area (Å²) in [4.78, 5) is 26.7. The number of carbonyl (C=O) groups excluding carboxylic acids is 2. The van der Waals surface area contributed by atoms with Gasteiger partial charge >= 0.3 is 5.97 Å². The number of likely N-dealkylation sites (N-methyl/N-ethyl adjacent to an activating group) is 1. The first kappa shape index (κ1) is 22.0. The van der Waals surface area contributed by atoms with E-state index in [1.54, 1.807) is 48.4 Å². The molecular weight excluding hydrogens is 401 g/mol. The molecule has 0 unspecified atom stereocenters. The third kappa shape index (κ3) is 5.09. The molecule has 0 N–H and O–H groups in total. The van der Waals surface area contributed by atoms with Gasteiger partial charge in [-0.25, -0.2) is 13.9 Å². The SMILES string of the molecule is CCN(CC)C(=O)COC(=O)c1cn(-c2ccc(F)cc2)nc1-c1cccc(OC)c1. The van der Waals surface area contributed by atoms with Gasteiger partial charge in [-0.2, -0.15) is 5.10 Å². The Morgan fingerprint density at radius 2 is 1.81 bits per heavy atom. The van der Waals surface area contributed by atoms with Crippen molar-refractivity contribution >= 4 is 11.9 Å². The molecule has 0 saturated heterocycles. The second-order valence-electron chi connectivity index (χ2n) is 6.69. The fraction of sp³-hybridized carbons (Fsp3) is 0.261. The summed E-state index contributed by atoms with van der Waals surface area (Å²) >= 11 is 0. The number of esters is 1. The number of nitrogens with zero attached hydrogens (tertiary/aromatic N) is 3. The van der Waals surface area contributed by atoms with Crippen LogP contribution in [0, 0.1) is 5.82 Å². The molecule has 7 nitrogen and oxygen atoms in total. The van der Waals surface area contributed by atoms with E-state index in [4.69, 9.17) is 9.47 Å².